The van der Waals surface area contributed by atoms with Crippen LogP contribution in [0.5, 0.6) is 11.5 Å². The second kappa shape index (κ2) is 9.94. The van der Waals surface area contributed by atoms with Gasteiger partial charge >= 0.3 is 6.03 Å². The van der Waals surface area contributed by atoms with Crippen LogP contribution in [0.4, 0.5) is 16.2 Å². The third-order valence-electron chi connectivity index (χ3n) is 5.97. The highest BCUT2D eigenvalue weighted by Gasteiger charge is 2.31. The van der Waals surface area contributed by atoms with Crippen LogP contribution in [-0.2, 0) is 4.79 Å². The van der Waals surface area contributed by atoms with E-state index in [4.69, 9.17) is 9.47 Å². The summed E-state index contributed by atoms with van der Waals surface area (Å²) in [7, 11) is 0. The summed E-state index contributed by atoms with van der Waals surface area (Å²) in [5.74, 6) is 1.25. The van der Waals surface area contributed by atoms with Crippen LogP contribution >= 0.6 is 0 Å². The Morgan fingerprint density at radius 2 is 1.88 bits per heavy atom. The first-order valence-electron chi connectivity index (χ1n) is 11.4. The number of aryl methyl sites for hydroxylation is 1. The van der Waals surface area contributed by atoms with Crippen molar-refractivity contribution in [2.75, 3.05) is 23.4 Å². The molecular formula is C25H31N3O4. The number of amides is 3. The van der Waals surface area contributed by atoms with Crippen molar-refractivity contribution in [2.24, 2.45) is 0 Å². The number of anilines is 2. The molecule has 0 bridgehead atoms. The molecule has 3 amide bonds. The van der Waals surface area contributed by atoms with Crippen LogP contribution in [0, 0.1) is 6.92 Å². The molecular weight excluding hydrogens is 406 g/mol. The summed E-state index contributed by atoms with van der Waals surface area (Å²) >= 11 is 0. The molecule has 2 aliphatic rings. The number of carbonyl (C=O) groups is 2. The van der Waals surface area contributed by atoms with E-state index < -0.39 is 6.10 Å². The molecule has 0 radical (unpaired) electrons. The molecule has 7 heteroatoms. The van der Waals surface area contributed by atoms with Gasteiger partial charge in [-0.1, -0.05) is 37.0 Å². The Kier molecular flexibility index (Phi) is 6.83. The Balaban J connectivity index is 1.42. The van der Waals surface area contributed by atoms with Crippen LogP contribution in [0.15, 0.2) is 42.5 Å². The standard InChI is InChI=1S/C25H31N3O4/c1-17-8-11-21(12-9-17)31-15-14-28-22-16-20(10-13-23(22)32-18(2)24(28)29)27-25(30)26-19-6-4-3-5-7-19/h8-13,16,18-19H,3-7,14-15H2,1-2H3,(H2,26,27,30). The Hall–Kier alpha value is -3.22. The van der Waals surface area contributed by atoms with Crippen LogP contribution in [0.1, 0.15) is 44.6 Å². The van der Waals surface area contributed by atoms with Crippen LogP contribution in [0.3, 0.4) is 0 Å². The molecule has 7 nitrogen and oxygen atoms in total. The van der Waals surface area contributed by atoms with E-state index in [1.54, 1.807) is 30.0 Å². The van der Waals surface area contributed by atoms with Crippen molar-refractivity contribution in [2.45, 2.75) is 58.1 Å². The largest absolute Gasteiger partial charge is 0.492 e. The Labute approximate surface area is 189 Å². The molecule has 0 spiro atoms. The summed E-state index contributed by atoms with van der Waals surface area (Å²) in [4.78, 5) is 26.9. The summed E-state index contributed by atoms with van der Waals surface area (Å²) in [5, 5.41) is 5.95. The van der Waals surface area contributed by atoms with Gasteiger partial charge < -0.3 is 25.0 Å². The molecule has 2 N–H and O–H groups in total. The zero-order chi connectivity index (χ0) is 22.5. The van der Waals surface area contributed by atoms with E-state index in [0.717, 1.165) is 37.0 Å². The molecule has 2 aromatic carbocycles. The highest BCUT2D eigenvalue weighted by atomic mass is 16.5. The average molecular weight is 438 g/mol. The molecule has 0 aromatic heterocycles. The number of urea groups is 1. The van der Waals surface area contributed by atoms with Gasteiger partial charge in [0, 0.05) is 11.7 Å². The normalized spacial score (nSPS) is 18.5. The molecule has 32 heavy (non-hydrogen) atoms. The van der Waals surface area contributed by atoms with E-state index in [-0.39, 0.29) is 18.0 Å². The molecule has 170 valence electrons. The fourth-order valence-electron chi connectivity index (χ4n) is 4.20. The van der Waals surface area contributed by atoms with Crippen LogP contribution in [0.25, 0.3) is 0 Å². The highest BCUT2D eigenvalue weighted by Crippen LogP contribution is 2.36. The fourth-order valence-corrected chi connectivity index (χ4v) is 4.20. The molecule has 1 atom stereocenters. The van der Waals surface area contributed by atoms with Crippen LogP contribution in [-0.4, -0.2) is 37.2 Å². The third kappa shape index (κ3) is 5.33. The van der Waals surface area contributed by atoms with Crippen molar-refractivity contribution in [3.63, 3.8) is 0 Å². The van der Waals surface area contributed by atoms with Gasteiger partial charge in [-0.15, -0.1) is 0 Å². The average Bonchev–Trinajstić information content (AvgIpc) is 2.78. The van der Waals surface area contributed by atoms with E-state index in [2.05, 4.69) is 10.6 Å². The lowest BCUT2D eigenvalue weighted by atomic mass is 9.96. The van der Waals surface area contributed by atoms with Crippen LogP contribution in [0.2, 0.25) is 0 Å². The van der Waals surface area contributed by atoms with Gasteiger partial charge in [0.25, 0.3) is 5.91 Å². The maximum absolute atomic E-state index is 12.8. The second-order valence-corrected chi connectivity index (χ2v) is 8.53. The first kappa shape index (κ1) is 22.0. The number of rotatable bonds is 6. The molecule has 1 fully saturated rings. The van der Waals surface area contributed by atoms with Gasteiger partial charge in [-0.05, 0) is 57.0 Å². The number of fused-ring (bicyclic) bond motifs is 1. The maximum Gasteiger partial charge on any atom is 0.319 e. The van der Waals surface area contributed by atoms with Gasteiger partial charge in [0.15, 0.2) is 6.10 Å². The van der Waals surface area contributed by atoms with Gasteiger partial charge in [-0.2, -0.15) is 0 Å². The lowest BCUT2D eigenvalue weighted by Gasteiger charge is -2.33. The molecule has 1 heterocycles. The number of ether oxygens (including phenoxy) is 2. The Morgan fingerprint density at radius 1 is 1.12 bits per heavy atom. The van der Waals surface area contributed by atoms with Crippen LogP contribution < -0.4 is 25.0 Å². The first-order valence-corrected chi connectivity index (χ1v) is 11.4. The SMILES string of the molecule is Cc1ccc(OCCN2C(=O)C(C)Oc3ccc(NC(=O)NC4CCCCC4)cc32)cc1. The third-order valence-corrected chi connectivity index (χ3v) is 5.97. The number of benzene rings is 2. The van der Waals surface area contributed by atoms with E-state index in [0.29, 0.717) is 30.3 Å². The maximum atomic E-state index is 12.8. The van der Waals surface area contributed by atoms with E-state index in [1.165, 1.54) is 6.42 Å². The molecule has 4 rings (SSSR count). The topological polar surface area (TPSA) is 79.9 Å². The van der Waals surface area contributed by atoms with Crippen molar-refractivity contribution in [1.29, 1.82) is 0 Å². The predicted molar refractivity (Wildman–Crippen MR) is 125 cm³/mol. The van der Waals surface area contributed by atoms with Crippen molar-refractivity contribution in [3.05, 3.63) is 48.0 Å². The number of nitrogens with one attached hydrogen (secondary N) is 2. The molecule has 2 aromatic rings. The summed E-state index contributed by atoms with van der Waals surface area (Å²) < 4.78 is 11.6. The van der Waals surface area contributed by atoms with Crippen molar-refractivity contribution in [3.8, 4) is 11.5 Å². The molecule has 1 unspecified atom stereocenters. The van der Waals surface area contributed by atoms with Gasteiger partial charge in [-0.3, -0.25) is 4.79 Å². The van der Waals surface area contributed by atoms with Gasteiger partial charge in [0.05, 0.1) is 12.2 Å². The summed E-state index contributed by atoms with van der Waals surface area (Å²) in [6.45, 7) is 4.49. The number of hydrogen-bond donors (Lipinski definition) is 2. The molecule has 1 saturated carbocycles. The van der Waals surface area contributed by atoms with Gasteiger partial charge in [0.1, 0.15) is 18.1 Å². The van der Waals surface area contributed by atoms with E-state index >= 15 is 0 Å². The Morgan fingerprint density at radius 3 is 2.62 bits per heavy atom. The lowest BCUT2D eigenvalue weighted by Crippen LogP contribution is -2.46. The minimum atomic E-state index is -0.574. The summed E-state index contributed by atoms with van der Waals surface area (Å²) in [6, 6.07) is 13.2. The molecule has 1 aliphatic heterocycles. The number of carbonyl (C=O) groups excluding carboxylic acids is 2. The van der Waals surface area contributed by atoms with Crippen molar-refractivity contribution >= 4 is 23.3 Å². The molecule has 1 aliphatic carbocycles. The second-order valence-electron chi connectivity index (χ2n) is 8.53. The zero-order valence-corrected chi connectivity index (χ0v) is 18.7. The lowest BCUT2D eigenvalue weighted by molar-refractivity contribution is -0.125. The summed E-state index contributed by atoms with van der Waals surface area (Å²) in [5.41, 5.74) is 2.42. The Bertz CT molecular complexity index is 954. The molecule has 0 saturated heterocycles. The van der Waals surface area contributed by atoms with E-state index in [1.807, 2.05) is 31.2 Å². The quantitative estimate of drug-likeness (QED) is 0.690. The highest BCUT2D eigenvalue weighted by molar-refractivity contribution is 6.01. The number of hydrogen-bond acceptors (Lipinski definition) is 4. The first-order chi connectivity index (χ1) is 15.5. The minimum Gasteiger partial charge on any atom is -0.492 e. The van der Waals surface area contributed by atoms with Crippen molar-refractivity contribution < 1.29 is 19.1 Å². The fraction of sp³-hybridized carbons (Fsp3) is 0.440. The van der Waals surface area contributed by atoms with Gasteiger partial charge in [0.2, 0.25) is 0 Å². The monoisotopic (exact) mass is 437 g/mol. The van der Waals surface area contributed by atoms with Gasteiger partial charge in [-0.25, -0.2) is 4.79 Å². The number of nitrogens with zero attached hydrogens (tertiary/aromatic N) is 1. The smallest absolute Gasteiger partial charge is 0.319 e. The minimum absolute atomic E-state index is 0.131. The predicted octanol–water partition coefficient (Wildman–Crippen LogP) is 4.64. The van der Waals surface area contributed by atoms with E-state index in [9.17, 15) is 9.59 Å². The van der Waals surface area contributed by atoms with Crippen molar-refractivity contribution in [1.82, 2.24) is 5.32 Å². The summed E-state index contributed by atoms with van der Waals surface area (Å²) in [6.07, 6.45) is 5.01. The zero-order valence-electron chi connectivity index (χ0n) is 18.7.